The molecule has 4 aliphatic carbocycles. The zero-order valence-electron chi connectivity index (χ0n) is 19.6. The lowest BCUT2D eigenvalue weighted by Crippen LogP contribution is -2.48. The molecule has 35 heavy (non-hydrogen) atoms. The van der Waals surface area contributed by atoms with Crippen LogP contribution in [-0.4, -0.2) is 18.2 Å². The van der Waals surface area contributed by atoms with Crippen molar-refractivity contribution in [3.63, 3.8) is 0 Å². The number of hydrogen-bond acceptors (Lipinski definition) is 2. The lowest BCUT2D eigenvalue weighted by Gasteiger charge is -2.57. The Morgan fingerprint density at radius 2 is 1.66 bits per heavy atom. The fourth-order valence-electron chi connectivity index (χ4n) is 7.12. The van der Waals surface area contributed by atoms with Crippen LogP contribution < -0.4 is 4.74 Å². The Morgan fingerprint density at radius 3 is 2.23 bits per heavy atom. The highest BCUT2D eigenvalue weighted by Gasteiger charge is 2.52. The largest absolute Gasteiger partial charge is 0.496 e. The predicted molar refractivity (Wildman–Crippen MR) is 129 cm³/mol. The summed E-state index contributed by atoms with van der Waals surface area (Å²) in [4.78, 5) is 11.2. The molecule has 0 radical (unpaired) electrons. The topological polar surface area (TPSA) is 46.5 Å². The molecule has 6 heteroatoms. The highest BCUT2D eigenvalue weighted by molar-refractivity contribution is 5.92. The summed E-state index contributed by atoms with van der Waals surface area (Å²) in [5.41, 5.74) is 2.02. The first-order chi connectivity index (χ1) is 16.6. The van der Waals surface area contributed by atoms with Crippen molar-refractivity contribution in [3.05, 3.63) is 76.9 Å². The summed E-state index contributed by atoms with van der Waals surface area (Å²) in [7, 11) is 1.66. The van der Waals surface area contributed by atoms with Gasteiger partial charge in [0.2, 0.25) is 0 Å². The van der Waals surface area contributed by atoms with Gasteiger partial charge in [-0.1, -0.05) is 24.3 Å². The van der Waals surface area contributed by atoms with Gasteiger partial charge in [-0.2, -0.15) is 13.2 Å². The quantitative estimate of drug-likeness (QED) is 0.266. The number of rotatable bonds is 6. The second-order valence-corrected chi connectivity index (χ2v) is 10.5. The first-order valence-electron chi connectivity index (χ1n) is 12.1. The molecule has 0 aliphatic heterocycles. The predicted octanol–water partition coefficient (Wildman–Crippen LogP) is 7.36. The molecule has 0 heterocycles. The number of alkyl halides is 3. The normalized spacial score (nSPS) is 28.0. The standard InChI is InChI=1S/C29H29F3O3/c1-35-26-13-18(5-7-25(26)28-15-19-9-20(16-28)11-21(10-19)17-28)12-23(6-8-27(33)34)22-3-2-4-24(14-22)29(30,31)32/h2-8,12-14,19-21H,9-11,15-17H2,1H3,(H,33,34). The number of allylic oxidation sites excluding steroid dienone is 2. The van der Waals surface area contributed by atoms with E-state index in [1.54, 1.807) is 19.3 Å². The van der Waals surface area contributed by atoms with Crippen LogP contribution in [0.2, 0.25) is 0 Å². The third kappa shape index (κ3) is 4.75. The zero-order chi connectivity index (χ0) is 24.8. The number of aliphatic carboxylic acids is 1. The molecule has 1 N–H and O–H groups in total. The first kappa shape index (κ1) is 23.7. The lowest BCUT2D eigenvalue weighted by atomic mass is 9.48. The molecular weight excluding hydrogens is 453 g/mol. The van der Waals surface area contributed by atoms with E-state index < -0.39 is 17.7 Å². The second-order valence-electron chi connectivity index (χ2n) is 10.5. The van der Waals surface area contributed by atoms with Gasteiger partial charge in [-0.15, -0.1) is 0 Å². The average molecular weight is 483 g/mol. The molecule has 184 valence electrons. The van der Waals surface area contributed by atoms with Gasteiger partial charge >= 0.3 is 12.1 Å². The van der Waals surface area contributed by atoms with E-state index in [2.05, 4.69) is 6.07 Å². The molecule has 4 bridgehead atoms. The lowest BCUT2D eigenvalue weighted by molar-refractivity contribution is -0.137. The number of benzene rings is 2. The van der Waals surface area contributed by atoms with E-state index in [1.165, 1.54) is 56.2 Å². The second kappa shape index (κ2) is 8.89. The van der Waals surface area contributed by atoms with Gasteiger partial charge in [-0.3, -0.25) is 0 Å². The Hall–Kier alpha value is -3.02. The van der Waals surface area contributed by atoms with Crippen molar-refractivity contribution in [2.24, 2.45) is 17.8 Å². The molecule has 0 saturated heterocycles. The Kier molecular flexibility index (Phi) is 6.02. The summed E-state index contributed by atoms with van der Waals surface area (Å²) in [5, 5.41) is 9.12. The summed E-state index contributed by atoms with van der Waals surface area (Å²) in [6, 6.07) is 10.9. The van der Waals surface area contributed by atoms with Crippen LogP contribution >= 0.6 is 0 Å². The molecule has 4 fully saturated rings. The molecule has 0 spiro atoms. The zero-order valence-corrected chi connectivity index (χ0v) is 19.6. The summed E-state index contributed by atoms with van der Waals surface area (Å²) in [6.07, 6.45) is 7.12. The molecule has 4 saturated carbocycles. The number of halogens is 3. The van der Waals surface area contributed by atoms with Crippen LogP contribution in [0.4, 0.5) is 13.2 Å². The van der Waals surface area contributed by atoms with Crippen LogP contribution in [0.5, 0.6) is 5.75 Å². The Labute approximate surface area is 203 Å². The van der Waals surface area contributed by atoms with Crippen LogP contribution in [0.15, 0.2) is 54.6 Å². The van der Waals surface area contributed by atoms with Crippen LogP contribution in [0.3, 0.4) is 0 Å². The van der Waals surface area contributed by atoms with Gasteiger partial charge in [0.25, 0.3) is 0 Å². The molecule has 2 aromatic carbocycles. The van der Waals surface area contributed by atoms with Gasteiger partial charge in [-0.25, -0.2) is 4.79 Å². The molecule has 0 aromatic heterocycles. The molecule has 0 atom stereocenters. The summed E-state index contributed by atoms with van der Waals surface area (Å²) in [6.45, 7) is 0. The van der Waals surface area contributed by atoms with Crippen LogP contribution in [0.25, 0.3) is 11.6 Å². The van der Waals surface area contributed by atoms with Gasteiger partial charge in [0.1, 0.15) is 5.75 Å². The van der Waals surface area contributed by atoms with Crippen molar-refractivity contribution in [3.8, 4) is 5.75 Å². The van der Waals surface area contributed by atoms with E-state index in [4.69, 9.17) is 9.84 Å². The third-order valence-electron chi connectivity index (χ3n) is 8.09. The minimum atomic E-state index is -4.49. The Balaban J connectivity index is 1.53. The minimum absolute atomic E-state index is 0.148. The number of hydrogen-bond donors (Lipinski definition) is 1. The van der Waals surface area contributed by atoms with Crippen LogP contribution in [0, 0.1) is 17.8 Å². The van der Waals surface area contributed by atoms with Gasteiger partial charge in [0.15, 0.2) is 0 Å². The van der Waals surface area contributed by atoms with E-state index in [0.717, 1.165) is 47.3 Å². The van der Waals surface area contributed by atoms with Crippen molar-refractivity contribution in [2.75, 3.05) is 7.11 Å². The van der Waals surface area contributed by atoms with E-state index in [-0.39, 0.29) is 5.41 Å². The Bertz CT molecular complexity index is 1160. The molecular formula is C29H29F3O3. The fourth-order valence-corrected chi connectivity index (χ4v) is 7.12. The molecule has 2 aromatic rings. The van der Waals surface area contributed by atoms with Crippen molar-refractivity contribution in [1.29, 1.82) is 0 Å². The van der Waals surface area contributed by atoms with Gasteiger partial charge in [0, 0.05) is 11.6 Å². The highest BCUT2D eigenvalue weighted by atomic mass is 19.4. The molecule has 3 nitrogen and oxygen atoms in total. The van der Waals surface area contributed by atoms with Crippen molar-refractivity contribution in [1.82, 2.24) is 0 Å². The van der Waals surface area contributed by atoms with E-state index in [0.29, 0.717) is 11.1 Å². The van der Waals surface area contributed by atoms with E-state index >= 15 is 0 Å². The molecule has 0 unspecified atom stereocenters. The summed E-state index contributed by atoms with van der Waals surface area (Å²) in [5.74, 6) is 2.00. The van der Waals surface area contributed by atoms with Gasteiger partial charge < -0.3 is 9.84 Å². The van der Waals surface area contributed by atoms with Crippen molar-refractivity contribution < 1.29 is 27.8 Å². The van der Waals surface area contributed by atoms with E-state index in [9.17, 15) is 18.0 Å². The number of methoxy groups -OCH3 is 1. The number of carboxylic acid groups (broad SMARTS) is 1. The maximum atomic E-state index is 13.3. The van der Waals surface area contributed by atoms with Crippen LogP contribution in [-0.2, 0) is 16.4 Å². The smallest absolute Gasteiger partial charge is 0.416 e. The van der Waals surface area contributed by atoms with Crippen molar-refractivity contribution >= 4 is 17.6 Å². The molecule has 0 amide bonds. The fraction of sp³-hybridized carbons (Fsp3) is 0.414. The summed E-state index contributed by atoms with van der Waals surface area (Å²) < 4.78 is 45.7. The van der Waals surface area contributed by atoms with Crippen molar-refractivity contribution in [2.45, 2.75) is 50.1 Å². The van der Waals surface area contributed by atoms with E-state index in [1.807, 2.05) is 12.1 Å². The monoisotopic (exact) mass is 482 g/mol. The average Bonchev–Trinajstić information content (AvgIpc) is 2.80. The maximum Gasteiger partial charge on any atom is 0.416 e. The van der Waals surface area contributed by atoms with Gasteiger partial charge in [-0.05, 0) is 109 Å². The minimum Gasteiger partial charge on any atom is -0.496 e. The number of carboxylic acids is 1. The maximum absolute atomic E-state index is 13.3. The Morgan fingerprint density at radius 1 is 1.00 bits per heavy atom. The highest BCUT2D eigenvalue weighted by Crippen LogP contribution is 2.61. The number of carbonyl (C=O) groups is 1. The molecule has 4 aliphatic rings. The third-order valence-corrected chi connectivity index (χ3v) is 8.09. The number of ether oxygens (including phenoxy) is 1. The SMILES string of the molecule is COc1cc(C=C(C=CC(=O)O)c2cccc(C(F)(F)F)c2)ccc1C12CC3CC(CC(C3)C1)C2. The molecule has 6 rings (SSSR count). The summed E-state index contributed by atoms with van der Waals surface area (Å²) >= 11 is 0. The van der Waals surface area contributed by atoms with Crippen LogP contribution in [0.1, 0.15) is 60.8 Å². The van der Waals surface area contributed by atoms with Gasteiger partial charge in [0.05, 0.1) is 12.7 Å². The first-order valence-corrected chi connectivity index (χ1v) is 12.1.